The third-order valence-electron chi connectivity index (χ3n) is 6.96. The van der Waals surface area contributed by atoms with E-state index in [-0.39, 0.29) is 11.7 Å². The van der Waals surface area contributed by atoms with Crippen LogP contribution in [0.2, 0.25) is 0 Å². The van der Waals surface area contributed by atoms with Crippen molar-refractivity contribution in [2.24, 2.45) is 0 Å². The Morgan fingerprint density at radius 2 is 1.55 bits per heavy atom. The van der Waals surface area contributed by atoms with E-state index in [1.807, 2.05) is 54.6 Å². The minimum atomic E-state index is -0.427. The highest BCUT2D eigenvalue weighted by Gasteiger charge is 2.29. The lowest BCUT2D eigenvalue weighted by Gasteiger charge is -2.34. The second-order valence-electron chi connectivity index (χ2n) is 9.92. The number of rotatable bonds is 8. The molecule has 0 unspecified atom stereocenters. The maximum Gasteiger partial charge on any atom is 0.165 e. The van der Waals surface area contributed by atoms with Gasteiger partial charge in [0.2, 0.25) is 0 Å². The molecule has 1 aliphatic rings. The first kappa shape index (κ1) is 25.5. The normalized spacial score (nSPS) is 13.8. The first-order valence-electron chi connectivity index (χ1n) is 13.3. The number of hydrogen-bond acceptors (Lipinski definition) is 3. The number of carbonyl (C=O) groups excluding carboxylic acids is 1. The Bertz CT molecular complexity index is 1420. The summed E-state index contributed by atoms with van der Waals surface area (Å²) in [5, 5.41) is 2.42. The van der Waals surface area contributed by atoms with Gasteiger partial charge in [-0.05, 0) is 67.2 Å². The van der Waals surface area contributed by atoms with Crippen LogP contribution in [0.5, 0.6) is 11.5 Å². The second-order valence-corrected chi connectivity index (χ2v) is 9.92. The second kappa shape index (κ2) is 11.5. The quantitative estimate of drug-likeness (QED) is 0.178. The molecule has 0 N–H and O–H groups in total. The molecule has 1 fully saturated rings. The minimum absolute atomic E-state index is 0.162. The van der Waals surface area contributed by atoms with E-state index in [9.17, 15) is 4.79 Å². The number of ether oxygens (including phenoxy) is 1. The van der Waals surface area contributed by atoms with Crippen molar-refractivity contribution in [1.82, 2.24) is 4.68 Å². The van der Waals surface area contributed by atoms with Gasteiger partial charge in [-0.2, -0.15) is 0 Å². The molecule has 5 rings (SSSR count). The highest BCUT2D eigenvalue weighted by atomic mass is 19.1. The molecule has 0 amide bonds. The van der Waals surface area contributed by atoms with Crippen LogP contribution in [-0.2, 0) is 4.79 Å². The van der Waals surface area contributed by atoms with Crippen LogP contribution in [-0.4, -0.2) is 24.1 Å². The molecule has 1 aromatic heterocycles. The molecule has 0 saturated carbocycles. The Morgan fingerprint density at radius 3 is 2.21 bits per heavy atom. The van der Waals surface area contributed by atoms with Gasteiger partial charge in [-0.25, -0.2) is 4.39 Å². The Balaban J connectivity index is 1.80. The van der Waals surface area contributed by atoms with Crippen LogP contribution in [0.25, 0.3) is 28.5 Å². The van der Waals surface area contributed by atoms with Gasteiger partial charge in [0.15, 0.2) is 11.6 Å². The van der Waals surface area contributed by atoms with Crippen molar-refractivity contribution >= 4 is 12.4 Å². The molecule has 0 radical (unpaired) electrons. The summed E-state index contributed by atoms with van der Waals surface area (Å²) < 4.78 is 23.3. The minimum Gasteiger partial charge on any atom is -0.454 e. The van der Waals surface area contributed by atoms with Gasteiger partial charge >= 0.3 is 0 Å². The molecule has 5 heteroatoms. The van der Waals surface area contributed by atoms with Gasteiger partial charge in [-0.1, -0.05) is 68.4 Å². The molecule has 3 aromatic carbocycles. The number of halogens is 1. The van der Waals surface area contributed by atoms with Crippen LogP contribution in [0.3, 0.4) is 0 Å². The summed E-state index contributed by atoms with van der Waals surface area (Å²) in [5.41, 5.74) is 6.00. The number of aromatic nitrogens is 1. The Morgan fingerprint density at radius 1 is 0.868 bits per heavy atom. The fourth-order valence-corrected chi connectivity index (χ4v) is 5.33. The van der Waals surface area contributed by atoms with Crippen molar-refractivity contribution in [2.45, 2.75) is 39.0 Å². The fraction of sp³-hybridized carbons (Fsp3) is 0.242. The number of benzene rings is 3. The highest BCUT2D eigenvalue weighted by molar-refractivity contribution is 5.92. The van der Waals surface area contributed by atoms with Gasteiger partial charge in [-0.3, -0.25) is 9.47 Å². The molecule has 2 heterocycles. The van der Waals surface area contributed by atoms with E-state index in [1.54, 1.807) is 18.2 Å². The molecule has 194 valence electrons. The summed E-state index contributed by atoms with van der Waals surface area (Å²) >= 11 is 0. The lowest BCUT2D eigenvalue weighted by atomic mass is 9.94. The van der Waals surface area contributed by atoms with Crippen molar-refractivity contribution in [3.8, 4) is 33.9 Å². The van der Waals surface area contributed by atoms with Crippen LogP contribution in [0, 0.1) is 5.82 Å². The Kier molecular flexibility index (Phi) is 7.73. The summed E-state index contributed by atoms with van der Waals surface area (Å²) in [4.78, 5) is 11.5. The van der Waals surface area contributed by atoms with Crippen LogP contribution in [0.4, 0.5) is 4.39 Å². The van der Waals surface area contributed by atoms with Gasteiger partial charge < -0.3 is 9.75 Å². The summed E-state index contributed by atoms with van der Waals surface area (Å²) in [6, 6.07) is 24.6. The molecule has 0 spiro atoms. The fourth-order valence-electron chi connectivity index (χ4n) is 5.33. The number of nitrogens with zero attached hydrogens (tertiary/aromatic N) is 2. The van der Waals surface area contributed by atoms with E-state index < -0.39 is 5.82 Å². The third kappa shape index (κ3) is 5.14. The largest absolute Gasteiger partial charge is 0.454 e. The molecular weight excluding hydrogens is 475 g/mol. The highest BCUT2D eigenvalue weighted by Crippen LogP contribution is 2.44. The monoisotopic (exact) mass is 508 g/mol. The molecular formula is C33H33FN2O2. The number of hydrogen-bond donors (Lipinski definition) is 0. The van der Waals surface area contributed by atoms with Crippen LogP contribution in [0.1, 0.15) is 50.3 Å². The maximum absolute atomic E-state index is 15.0. The zero-order valence-electron chi connectivity index (χ0n) is 21.9. The predicted octanol–water partition coefficient (Wildman–Crippen LogP) is 8.21. The van der Waals surface area contributed by atoms with E-state index in [2.05, 4.69) is 35.7 Å². The average Bonchev–Trinajstić information content (AvgIpc) is 3.30. The third-order valence-corrected chi connectivity index (χ3v) is 6.96. The van der Waals surface area contributed by atoms with E-state index in [4.69, 9.17) is 4.74 Å². The Hall–Kier alpha value is -4.12. The summed E-state index contributed by atoms with van der Waals surface area (Å²) in [6.45, 7) is 6.27. The molecule has 0 atom stereocenters. The zero-order chi connectivity index (χ0) is 26.5. The number of allylic oxidation sites excluding steroid dienone is 1. The predicted molar refractivity (Wildman–Crippen MR) is 153 cm³/mol. The summed E-state index contributed by atoms with van der Waals surface area (Å²) in [5.74, 6) is 0.486. The molecule has 4 nitrogen and oxygen atoms in total. The van der Waals surface area contributed by atoms with Gasteiger partial charge in [0.25, 0.3) is 0 Å². The standard InChI is InChI=1S/C33H33FN2O2/c1-24(2)32-28(17-12-22-37)31(26-18-19-29(34)30(23-26)38-27-15-8-4-9-16-27)33(25-13-6-3-7-14-25)36(32)35-20-10-5-11-21-35/h3-4,6-9,12-19,22-24H,5,10-11,20-21H2,1-2H3. The van der Waals surface area contributed by atoms with Gasteiger partial charge in [0.1, 0.15) is 12.0 Å². The maximum atomic E-state index is 15.0. The average molecular weight is 509 g/mol. The van der Waals surface area contributed by atoms with Crippen LogP contribution < -0.4 is 9.75 Å². The van der Waals surface area contributed by atoms with Crippen LogP contribution in [0.15, 0.2) is 84.9 Å². The van der Waals surface area contributed by atoms with Gasteiger partial charge in [0, 0.05) is 29.8 Å². The number of aldehydes is 1. The smallest absolute Gasteiger partial charge is 0.165 e. The first-order valence-corrected chi connectivity index (χ1v) is 13.3. The lowest BCUT2D eigenvalue weighted by Crippen LogP contribution is -2.40. The van der Waals surface area contributed by atoms with E-state index >= 15 is 4.39 Å². The van der Waals surface area contributed by atoms with Crippen molar-refractivity contribution in [3.63, 3.8) is 0 Å². The number of para-hydroxylation sites is 1. The lowest BCUT2D eigenvalue weighted by molar-refractivity contribution is -0.104. The molecule has 4 aromatic rings. The molecule has 0 bridgehead atoms. The molecule has 38 heavy (non-hydrogen) atoms. The first-order chi connectivity index (χ1) is 18.6. The van der Waals surface area contributed by atoms with Crippen molar-refractivity contribution < 1.29 is 13.9 Å². The zero-order valence-corrected chi connectivity index (χ0v) is 21.9. The van der Waals surface area contributed by atoms with Crippen molar-refractivity contribution in [1.29, 1.82) is 0 Å². The summed E-state index contributed by atoms with van der Waals surface area (Å²) in [6.07, 6.45) is 7.73. The number of piperidine rings is 1. The van der Waals surface area contributed by atoms with Gasteiger partial charge in [-0.15, -0.1) is 0 Å². The van der Waals surface area contributed by atoms with Crippen LogP contribution >= 0.6 is 0 Å². The van der Waals surface area contributed by atoms with Gasteiger partial charge in [0.05, 0.1) is 11.4 Å². The molecule has 0 aliphatic carbocycles. The van der Waals surface area contributed by atoms with Crippen molar-refractivity contribution in [3.05, 3.63) is 102 Å². The topological polar surface area (TPSA) is 34.5 Å². The van der Waals surface area contributed by atoms with E-state index in [0.29, 0.717) is 5.75 Å². The van der Waals surface area contributed by atoms with E-state index in [1.165, 1.54) is 12.5 Å². The molecule has 1 saturated heterocycles. The number of carbonyl (C=O) groups is 1. The SMILES string of the molecule is CC(C)c1c(C=CC=O)c(-c2ccc(F)c(Oc3ccccc3)c2)c(-c2ccccc2)n1N1CCCCC1. The summed E-state index contributed by atoms with van der Waals surface area (Å²) in [7, 11) is 0. The van der Waals surface area contributed by atoms with Crippen molar-refractivity contribution in [2.75, 3.05) is 18.1 Å². The molecule has 1 aliphatic heterocycles. The Labute approximate surface area is 224 Å². The van der Waals surface area contributed by atoms with E-state index in [0.717, 1.165) is 65.9 Å².